The Morgan fingerprint density at radius 2 is 2.05 bits per heavy atom. The molecule has 0 spiro atoms. The highest BCUT2D eigenvalue weighted by Crippen LogP contribution is 2.21. The molecule has 0 bridgehead atoms. The maximum absolute atomic E-state index is 4.54. The zero-order valence-corrected chi connectivity index (χ0v) is 12.0. The van der Waals surface area contributed by atoms with E-state index in [1.807, 2.05) is 31.2 Å². The third-order valence-corrected chi connectivity index (χ3v) is 3.13. The summed E-state index contributed by atoms with van der Waals surface area (Å²) in [6.07, 6.45) is 17.7. The van der Waals surface area contributed by atoms with Crippen LogP contribution in [0, 0.1) is 0 Å². The first kappa shape index (κ1) is 14.2. The molecule has 0 saturated heterocycles. The van der Waals surface area contributed by atoms with Gasteiger partial charge in [-0.25, -0.2) is 15.0 Å². The minimum Gasteiger partial charge on any atom is -0.329 e. The molecule has 0 aliphatic carbocycles. The van der Waals surface area contributed by atoms with Crippen molar-refractivity contribution < 1.29 is 0 Å². The maximum atomic E-state index is 4.54. The molecule has 0 amide bonds. The molecule has 0 radical (unpaired) electrons. The zero-order valence-electron chi connectivity index (χ0n) is 12.0. The first-order chi connectivity index (χ1) is 9.85. The lowest BCUT2D eigenvalue weighted by Crippen LogP contribution is -2.02. The number of hydrogen-bond acceptors (Lipinski definition) is 3. The van der Waals surface area contributed by atoms with Gasteiger partial charge in [-0.15, -0.1) is 0 Å². The molecule has 1 unspecified atom stereocenters. The second kappa shape index (κ2) is 7.38. The lowest BCUT2D eigenvalue weighted by Gasteiger charge is -2.10. The second-order valence-corrected chi connectivity index (χ2v) is 4.54. The number of rotatable bonds is 6. The van der Waals surface area contributed by atoms with Gasteiger partial charge in [-0.3, -0.25) is 0 Å². The van der Waals surface area contributed by atoms with Gasteiger partial charge in [0.05, 0.1) is 12.5 Å². The van der Waals surface area contributed by atoms with Crippen LogP contribution in [-0.4, -0.2) is 19.9 Å². The number of imidazole rings is 1. The molecule has 2 heterocycles. The van der Waals surface area contributed by atoms with E-state index in [9.17, 15) is 0 Å². The summed E-state index contributed by atoms with van der Waals surface area (Å²) in [5.74, 6) is 1.22. The van der Waals surface area contributed by atoms with Crippen LogP contribution in [0.25, 0.3) is 11.2 Å². The number of hydrogen-bond donors (Lipinski definition) is 1. The summed E-state index contributed by atoms with van der Waals surface area (Å²) in [5.41, 5.74) is 1.62. The molecule has 0 fully saturated rings. The fourth-order valence-electron chi connectivity index (χ4n) is 1.96. The van der Waals surface area contributed by atoms with Gasteiger partial charge in [-0.1, -0.05) is 43.4 Å². The maximum Gasteiger partial charge on any atom is 0.160 e. The van der Waals surface area contributed by atoms with E-state index in [1.54, 1.807) is 12.5 Å². The Balaban J connectivity index is 2.03. The number of nitrogens with zero attached hydrogens (tertiary/aromatic N) is 3. The van der Waals surface area contributed by atoms with Crippen molar-refractivity contribution in [3.05, 3.63) is 54.8 Å². The van der Waals surface area contributed by atoms with Crippen molar-refractivity contribution in [2.24, 2.45) is 0 Å². The van der Waals surface area contributed by atoms with Crippen LogP contribution in [0.2, 0.25) is 0 Å². The molecule has 0 saturated carbocycles. The topological polar surface area (TPSA) is 54.5 Å². The molecule has 0 aliphatic heterocycles. The van der Waals surface area contributed by atoms with Crippen molar-refractivity contribution >= 4 is 11.2 Å². The summed E-state index contributed by atoms with van der Waals surface area (Å²) in [4.78, 5) is 16.1. The predicted octanol–water partition coefficient (Wildman–Crippen LogP) is 3.93. The Hall–Kier alpha value is -2.23. The first-order valence-corrected chi connectivity index (χ1v) is 6.95. The fraction of sp³-hybridized carbons (Fsp3) is 0.312. The Labute approximate surface area is 119 Å². The SMILES string of the molecule is CC=CC=CC=CCC(CC)c1ncc2nc[nH]c2n1. The van der Waals surface area contributed by atoms with Crippen LogP contribution in [0.15, 0.2) is 49.0 Å². The minimum atomic E-state index is 0.342. The van der Waals surface area contributed by atoms with Gasteiger partial charge in [0.2, 0.25) is 0 Å². The monoisotopic (exact) mass is 268 g/mol. The van der Waals surface area contributed by atoms with E-state index in [4.69, 9.17) is 0 Å². The van der Waals surface area contributed by atoms with Crippen molar-refractivity contribution in [1.29, 1.82) is 0 Å². The Bertz CT molecular complexity index is 622. The largest absolute Gasteiger partial charge is 0.329 e. The highest BCUT2D eigenvalue weighted by molar-refractivity contribution is 5.68. The van der Waals surface area contributed by atoms with E-state index in [2.05, 4.69) is 39.0 Å². The smallest absolute Gasteiger partial charge is 0.160 e. The van der Waals surface area contributed by atoms with Crippen molar-refractivity contribution in [2.45, 2.75) is 32.6 Å². The van der Waals surface area contributed by atoms with Crippen LogP contribution in [0.4, 0.5) is 0 Å². The third-order valence-electron chi connectivity index (χ3n) is 3.13. The molecule has 1 N–H and O–H groups in total. The summed E-state index contributed by atoms with van der Waals surface area (Å²) in [7, 11) is 0. The molecule has 4 heteroatoms. The van der Waals surface area contributed by atoms with Gasteiger partial charge in [-0.2, -0.15) is 0 Å². The number of fused-ring (bicyclic) bond motifs is 1. The van der Waals surface area contributed by atoms with E-state index in [-0.39, 0.29) is 0 Å². The van der Waals surface area contributed by atoms with Gasteiger partial charge in [0.1, 0.15) is 11.3 Å². The lowest BCUT2D eigenvalue weighted by atomic mass is 10.0. The van der Waals surface area contributed by atoms with Gasteiger partial charge in [-0.05, 0) is 19.8 Å². The van der Waals surface area contributed by atoms with Crippen LogP contribution in [0.5, 0.6) is 0 Å². The lowest BCUT2D eigenvalue weighted by molar-refractivity contribution is 0.632. The summed E-state index contributed by atoms with van der Waals surface area (Å²) in [5, 5.41) is 0. The standard InChI is InChI=1S/C16H20N4/c1-3-5-6-7-8-9-10-13(4-2)15-17-11-14-16(20-15)19-12-18-14/h3,5-9,11-13H,4,10H2,1-2H3,(H,17,18,19,20). The molecule has 2 aromatic heterocycles. The molecule has 104 valence electrons. The number of nitrogens with one attached hydrogen (secondary N) is 1. The van der Waals surface area contributed by atoms with Gasteiger partial charge >= 0.3 is 0 Å². The number of aromatic nitrogens is 4. The molecule has 0 aliphatic rings. The highest BCUT2D eigenvalue weighted by Gasteiger charge is 2.12. The molecular formula is C16H20N4. The van der Waals surface area contributed by atoms with Gasteiger partial charge in [0.25, 0.3) is 0 Å². The summed E-state index contributed by atoms with van der Waals surface area (Å²) >= 11 is 0. The normalized spacial score (nSPS) is 14.1. The molecule has 1 atom stereocenters. The number of allylic oxidation sites excluding steroid dienone is 6. The summed E-state index contributed by atoms with van der Waals surface area (Å²) < 4.78 is 0. The molecule has 2 rings (SSSR count). The van der Waals surface area contributed by atoms with Crippen molar-refractivity contribution in [3.8, 4) is 0 Å². The predicted molar refractivity (Wildman–Crippen MR) is 82.4 cm³/mol. The average molecular weight is 268 g/mol. The van der Waals surface area contributed by atoms with Crippen LogP contribution in [0.1, 0.15) is 38.4 Å². The van der Waals surface area contributed by atoms with Gasteiger partial charge in [0.15, 0.2) is 5.65 Å². The highest BCUT2D eigenvalue weighted by atomic mass is 15.0. The van der Waals surface area contributed by atoms with Crippen molar-refractivity contribution in [1.82, 2.24) is 19.9 Å². The van der Waals surface area contributed by atoms with Crippen molar-refractivity contribution in [2.75, 3.05) is 0 Å². The van der Waals surface area contributed by atoms with Crippen molar-refractivity contribution in [3.63, 3.8) is 0 Å². The second-order valence-electron chi connectivity index (χ2n) is 4.54. The number of aromatic amines is 1. The van der Waals surface area contributed by atoms with E-state index in [0.717, 1.165) is 29.8 Å². The number of H-pyrrole nitrogens is 1. The Kier molecular flexibility index (Phi) is 5.24. The van der Waals surface area contributed by atoms with Crippen LogP contribution in [0.3, 0.4) is 0 Å². The van der Waals surface area contributed by atoms with Gasteiger partial charge < -0.3 is 4.98 Å². The molecule has 0 aromatic carbocycles. The van der Waals surface area contributed by atoms with Gasteiger partial charge in [0, 0.05) is 5.92 Å². The van der Waals surface area contributed by atoms with E-state index in [0.29, 0.717) is 5.92 Å². The fourth-order valence-corrected chi connectivity index (χ4v) is 1.96. The van der Waals surface area contributed by atoms with Crippen LogP contribution in [-0.2, 0) is 0 Å². The minimum absolute atomic E-state index is 0.342. The van der Waals surface area contributed by atoms with Crippen LogP contribution >= 0.6 is 0 Å². The molecule has 20 heavy (non-hydrogen) atoms. The van der Waals surface area contributed by atoms with E-state index >= 15 is 0 Å². The summed E-state index contributed by atoms with van der Waals surface area (Å²) in [6.45, 7) is 4.17. The van der Waals surface area contributed by atoms with E-state index in [1.165, 1.54) is 0 Å². The molecule has 4 nitrogen and oxygen atoms in total. The average Bonchev–Trinajstić information content (AvgIpc) is 2.94. The first-order valence-electron chi connectivity index (χ1n) is 6.95. The molecular weight excluding hydrogens is 248 g/mol. The molecule has 2 aromatic rings. The Morgan fingerprint density at radius 3 is 2.85 bits per heavy atom. The zero-order chi connectivity index (χ0) is 14.2. The quantitative estimate of drug-likeness (QED) is 0.808. The van der Waals surface area contributed by atoms with E-state index < -0.39 is 0 Å². The third kappa shape index (κ3) is 3.63. The van der Waals surface area contributed by atoms with Crippen LogP contribution < -0.4 is 0 Å². The summed E-state index contributed by atoms with van der Waals surface area (Å²) in [6, 6.07) is 0. The Morgan fingerprint density at radius 1 is 1.20 bits per heavy atom.